The molecular weight excluding hydrogens is 314 g/mol. The van der Waals surface area contributed by atoms with E-state index in [9.17, 15) is 9.59 Å². The van der Waals surface area contributed by atoms with Crippen molar-refractivity contribution in [2.24, 2.45) is 11.3 Å². The highest BCUT2D eigenvalue weighted by Crippen LogP contribution is 2.54. The molecule has 2 saturated carbocycles. The zero-order chi connectivity index (χ0) is 18.2. The van der Waals surface area contributed by atoms with Crippen molar-refractivity contribution in [1.82, 2.24) is 14.8 Å². The molecule has 0 aliphatic heterocycles. The van der Waals surface area contributed by atoms with Crippen molar-refractivity contribution in [3.05, 3.63) is 23.0 Å². The Kier molecular flexibility index (Phi) is 4.94. The summed E-state index contributed by atoms with van der Waals surface area (Å²) in [5.74, 6) is 1.14. The van der Waals surface area contributed by atoms with Crippen molar-refractivity contribution >= 4 is 11.8 Å². The van der Waals surface area contributed by atoms with E-state index in [-0.39, 0.29) is 11.3 Å². The first-order chi connectivity index (χ1) is 11.8. The molecule has 25 heavy (non-hydrogen) atoms. The SMILES string of the molecule is Cc1cc(C)c(C(=O)N(C)CCCN(C)C(=O)C23CCC(CC2)C3)[nH]1. The first-order valence-electron chi connectivity index (χ1n) is 9.50. The van der Waals surface area contributed by atoms with Gasteiger partial charge >= 0.3 is 0 Å². The molecule has 1 aromatic heterocycles. The lowest BCUT2D eigenvalue weighted by molar-refractivity contribution is -0.140. The average molecular weight is 345 g/mol. The lowest BCUT2D eigenvalue weighted by Gasteiger charge is -2.31. The maximum atomic E-state index is 12.8. The average Bonchev–Trinajstić information content (AvgIpc) is 3.28. The second kappa shape index (κ2) is 6.85. The van der Waals surface area contributed by atoms with Gasteiger partial charge in [-0.25, -0.2) is 0 Å². The molecule has 0 aromatic carbocycles. The lowest BCUT2D eigenvalue weighted by Crippen LogP contribution is -2.41. The summed E-state index contributed by atoms with van der Waals surface area (Å²) in [6.07, 6.45) is 6.51. The number of amides is 2. The van der Waals surface area contributed by atoms with Crippen LogP contribution in [-0.4, -0.2) is 53.8 Å². The van der Waals surface area contributed by atoms with Gasteiger partial charge in [0.25, 0.3) is 5.91 Å². The fraction of sp³-hybridized carbons (Fsp3) is 0.700. The molecule has 5 heteroatoms. The van der Waals surface area contributed by atoms with Gasteiger partial charge in [0, 0.05) is 38.3 Å². The van der Waals surface area contributed by atoms with Crippen molar-refractivity contribution < 1.29 is 9.59 Å². The Morgan fingerprint density at radius 1 is 1.16 bits per heavy atom. The number of aromatic amines is 1. The zero-order valence-corrected chi connectivity index (χ0v) is 16.0. The predicted molar refractivity (Wildman–Crippen MR) is 98.5 cm³/mol. The van der Waals surface area contributed by atoms with Gasteiger partial charge in [-0.1, -0.05) is 0 Å². The minimum Gasteiger partial charge on any atom is -0.354 e. The lowest BCUT2D eigenvalue weighted by atomic mass is 9.83. The Hall–Kier alpha value is -1.78. The van der Waals surface area contributed by atoms with E-state index in [1.54, 1.807) is 4.90 Å². The van der Waals surface area contributed by atoms with Crippen LogP contribution in [0.15, 0.2) is 6.07 Å². The van der Waals surface area contributed by atoms with Gasteiger partial charge in [0.05, 0.1) is 0 Å². The third kappa shape index (κ3) is 3.46. The van der Waals surface area contributed by atoms with Gasteiger partial charge < -0.3 is 14.8 Å². The van der Waals surface area contributed by atoms with Crippen LogP contribution in [0.3, 0.4) is 0 Å². The Balaban J connectivity index is 1.48. The molecule has 3 rings (SSSR count). The van der Waals surface area contributed by atoms with Gasteiger partial charge in [-0.2, -0.15) is 0 Å². The van der Waals surface area contributed by atoms with Crippen molar-refractivity contribution in [2.75, 3.05) is 27.2 Å². The molecule has 2 fully saturated rings. The van der Waals surface area contributed by atoms with Crippen LogP contribution in [0.25, 0.3) is 0 Å². The predicted octanol–water partition coefficient (Wildman–Crippen LogP) is 3.13. The Morgan fingerprint density at radius 2 is 1.80 bits per heavy atom. The first kappa shape index (κ1) is 18.0. The number of fused-ring (bicyclic) bond motifs is 2. The van der Waals surface area contributed by atoms with Crippen molar-refractivity contribution in [1.29, 1.82) is 0 Å². The van der Waals surface area contributed by atoms with Crippen LogP contribution in [0.2, 0.25) is 0 Å². The van der Waals surface area contributed by atoms with Crippen LogP contribution in [0.5, 0.6) is 0 Å². The minimum absolute atomic E-state index is 0.0209. The molecule has 2 aliphatic rings. The summed E-state index contributed by atoms with van der Waals surface area (Å²) in [5, 5.41) is 0. The summed E-state index contributed by atoms with van der Waals surface area (Å²) in [6.45, 7) is 5.28. The Morgan fingerprint density at radius 3 is 2.32 bits per heavy atom. The number of H-pyrrole nitrogens is 1. The summed E-state index contributed by atoms with van der Waals surface area (Å²) in [5.41, 5.74) is 2.61. The molecule has 1 N–H and O–H groups in total. The van der Waals surface area contributed by atoms with E-state index in [0.29, 0.717) is 24.7 Å². The molecule has 2 amide bonds. The third-order valence-corrected chi connectivity index (χ3v) is 6.24. The number of hydrogen-bond donors (Lipinski definition) is 1. The first-order valence-corrected chi connectivity index (χ1v) is 9.50. The normalized spacial score (nSPS) is 24.6. The van der Waals surface area contributed by atoms with E-state index < -0.39 is 0 Å². The monoisotopic (exact) mass is 345 g/mol. The summed E-state index contributed by atoms with van der Waals surface area (Å²) >= 11 is 0. The van der Waals surface area contributed by atoms with Gasteiger partial charge in [-0.05, 0) is 69.9 Å². The van der Waals surface area contributed by atoms with Crippen molar-refractivity contribution in [3.8, 4) is 0 Å². The Bertz CT molecular complexity index is 656. The van der Waals surface area contributed by atoms with E-state index in [1.807, 2.05) is 38.9 Å². The van der Waals surface area contributed by atoms with E-state index >= 15 is 0 Å². The molecular formula is C20H31N3O2. The van der Waals surface area contributed by atoms with Crippen LogP contribution in [0.4, 0.5) is 0 Å². The van der Waals surface area contributed by atoms with Crippen LogP contribution in [-0.2, 0) is 4.79 Å². The third-order valence-electron chi connectivity index (χ3n) is 6.24. The second-order valence-corrected chi connectivity index (χ2v) is 8.25. The van der Waals surface area contributed by atoms with Gasteiger partial charge in [0.1, 0.15) is 5.69 Å². The van der Waals surface area contributed by atoms with Crippen LogP contribution in [0.1, 0.15) is 60.3 Å². The smallest absolute Gasteiger partial charge is 0.270 e. The molecule has 2 aliphatic carbocycles. The minimum atomic E-state index is -0.0555. The summed E-state index contributed by atoms with van der Waals surface area (Å²) in [4.78, 5) is 32.1. The molecule has 138 valence electrons. The molecule has 0 atom stereocenters. The zero-order valence-electron chi connectivity index (χ0n) is 16.0. The van der Waals surface area contributed by atoms with Gasteiger partial charge in [0.15, 0.2) is 0 Å². The standard InChI is InChI=1S/C20H31N3O2/c1-14-12-15(2)21-17(14)18(24)22(3)10-5-11-23(4)19(25)20-8-6-16(13-20)7-9-20/h12,16,21H,5-11,13H2,1-4H3. The summed E-state index contributed by atoms with van der Waals surface area (Å²) in [7, 11) is 3.75. The molecule has 1 aromatic rings. The Labute approximate surface area is 150 Å². The molecule has 0 radical (unpaired) electrons. The number of carbonyl (C=O) groups excluding carboxylic acids is 2. The van der Waals surface area contributed by atoms with Crippen LogP contribution >= 0.6 is 0 Å². The number of aryl methyl sites for hydroxylation is 2. The van der Waals surface area contributed by atoms with Crippen molar-refractivity contribution in [3.63, 3.8) is 0 Å². The molecule has 0 saturated heterocycles. The van der Waals surface area contributed by atoms with Crippen LogP contribution in [0, 0.1) is 25.2 Å². The van der Waals surface area contributed by atoms with E-state index in [4.69, 9.17) is 0 Å². The number of nitrogens with one attached hydrogen (secondary N) is 1. The van der Waals surface area contributed by atoms with Crippen LogP contribution < -0.4 is 0 Å². The van der Waals surface area contributed by atoms with Gasteiger partial charge in [-0.3, -0.25) is 9.59 Å². The highest BCUT2D eigenvalue weighted by atomic mass is 16.2. The van der Waals surface area contributed by atoms with E-state index in [2.05, 4.69) is 4.98 Å². The number of aromatic nitrogens is 1. The highest BCUT2D eigenvalue weighted by molar-refractivity contribution is 5.93. The highest BCUT2D eigenvalue weighted by Gasteiger charge is 2.50. The largest absolute Gasteiger partial charge is 0.354 e. The summed E-state index contributed by atoms with van der Waals surface area (Å²) in [6, 6.07) is 1.99. The topological polar surface area (TPSA) is 56.4 Å². The molecule has 2 bridgehead atoms. The summed E-state index contributed by atoms with van der Waals surface area (Å²) < 4.78 is 0. The molecule has 0 unspecified atom stereocenters. The second-order valence-electron chi connectivity index (χ2n) is 8.25. The number of hydrogen-bond acceptors (Lipinski definition) is 2. The fourth-order valence-electron chi connectivity index (χ4n) is 4.79. The van der Waals surface area contributed by atoms with Crippen molar-refractivity contribution in [2.45, 2.75) is 52.4 Å². The van der Waals surface area contributed by atoms with E-state index in [0.717, 1.165) is 42.9 Å². The fourth-order valence-corrected chi connectivity index (χ4v) is 4.79. The van der Waals surface area contributed by atoms with Gasteiger partial charge in [-0.15, -0.1) is 0 Å². The quantitative estimate of drug-likeness (QED) is 0.861. The number of rotatable bonds is 6. The maximum absolute atomic E-state index is 12.8. The van der Waals surface area contributed by atoms with Gasteiger partial charge in [0.2, 0.25) is 5.91 Å². The number of nitrogens with zero attached hydrogens (tertiary/aromatic N) is 2. The molecule has 5 nitrogen and oxygen atoms in total. The number of carbonyl (C=O) groups is 2. The maximum Gasteiger partial charge on any atom is 0.270 e. The molecule has 0 spiro atoms. The molecule has 1 heterocycles. The van der Waals surface area contributed by atoms with E-state index in [1.165, 1.54) is 12.8 Å².